The molecule has 0 aliphatic rings. The van der Waals surface area contributed by atoms with Crippen molar-refractivity contribution in [2.24, 2.45) is 5.73 Å². The summed E-state index contributed by atoms with van der Waals surface area (Å²) in [6.45, 7) is 3.64. The van der Waals surface area contributed by atoms with Crippen molar-refractivity contribution in [2.45, 2.75) is 44.6 Å². The van der Waals surface area contributed by atoms with Gasteiger partial charge in [0.05, 0.1) is 0 Å². The van der Waals surface area contributed by atoms with Gasteiger partial charge in [-0.25, -0.2) is 0 Å². The molecule has 1 aromatic rings. The van der Waals surface area contributed by atoms with Gasteiger partial charge in [0, 0.05) is 5.02 Å². The van der Waals surface area contributed by atoms with Crippen LogP contribution in [-0.2, 0) is 4.79 Å². The summed E-state index contributed by atoms with van der Waals surface area (Å²) in [7, 11) is 0. The molecule has 1 aromatic carbocycles. The van der Waals surface area contributed by atoms with E-state index in [0.717, 1.165) is 18.4 Å². The van der Waals surface area contributed by atoms with Crippen LogP contribution in [0.1, 0.15) is 44.6 Å². The molecule has 0 bridgehead atoms. The number of hydrogen-bond donors (Lipinski definition) is 2. The summed E-state index contributed by atoms with van der Waals surface area (Å²) in [5.41, 5.74) is 5.73. The van der Waals surface area contributed by atoms with E-state index in [-0.39, 0.29) is 0 Å². The first-order valence-electron chi connectivity index (χ1n) is 6.14. The third-order valence-electron chi connectivity index (χ3n) is 3.31. The SMILES string of the molecule is CCC(CCC(C)(N)C(=O)O)c1cccc(Cl)c1. The van der Waals surface area contributed by atoms with Crippen LogP contribution < -0.4 is 5.73 Å². The Labute approximate surface area is 113 Å². The summed E-state index contributed by atoms with van der Waals surface area (Å²) in [6, 6.07) is 7.71. The van der Waals surface area contributed by atoms with Gasteiger partial charge in [0.1, 0.15) is 5.54 Å². The molecule has 0 saturated carbocycles. The molecule has 18 heavy (non-hydrogen) atoms. The molecule has 0 aliphatic carbocycles. The fourth-order valence-corrected chi connectivity index (χ4v) is 2.15. The van der Waals surface area contributed by atoms with Gasteiger partial charge in [-0.15, -0.1) is 0 Å². The predicted octanol–water partition coefficient (Wildman–Crippen LogP) is 3.42. The fraction of sp³-hybridized carbons (Fsp3) is 0.500. The normalized spacial score (nSPS) is 16.0. The Morgan fingerprint density at radius 1 is 1.56 bits per heavy atom. The van der Waals surface area contributed by atoms with Gasteiger partial charge in [0.2, 0.25) is 0 Å². The summed E-state index contributed by atoms with van der Waals surface area (Å²) in [6.07, 6.45) is 2.14. The van der Waals surface area contributed by atoms with Crippen molar-refractivity contribution in [1.82, 2.24) is 0 Å². The highest BCUT2D eigenvalue weighted by atomic mass is 35.5. The lowest BCUT2D eigenvalue weighted by molar-refractivity contribution is -0.142. The highest BCUT2D eigenvalue weighted by molar-refractivity contribution is 6.30. The minimum absolute atomic E-state index is 0.297. The Balaban J connectivity index is 2.72. The number of carbonyl (C=O) groups is 1. The minimum atomic E-state index is -1.16. The van der Waals surface area contributed by atoms with Gasteiger partial charge in [0.15, 0.2) is 0 Å². The highest BCUT2D eigenvalue weighted by Gasteiger charge is 2.28. The number of aliphatic carboxylic acids is 1. The van der Waals surface area contributed by atoms with Gasteiger partial charge in [-0.05, 0) is 49.8 Å². The Hall–Kier alpha value is -1.06. The van der Waals surface area contributed by atoms with Crippen molar-refractivity contribution in [1.29, 1.82) is 0 Å². The second kappa shape index (κ2) is 6.21. The first-order valence-corrected chi connectivity index (χ1v) is 6.52. The van der Waals surface area contributed by atoms with E-state index in [1.165, 1.54) is 0 Å². The maximum atomic E-state index is 11.0. The van der Waals surface area contributed by atoms with Crippen LogP contribution in [0.25, 0.3) is 0 Å². The lowest BCUT2D eigenvalue weighted by Gasteiger charge is -2.23. The number of hydrogen-bond acceptors (Lipinski definition) is 2. The summed E-state index contributed by atoms with van der Waals surface area (Å²) in [5.74, 6) is -0.658. The maximum Gasteiger partial charge on any atom is 0.323 e. The smallest absolute Gasteiger partial charge is 0.323 e. The molecule has 0 radical (unpaired) electrons. The Bertz CT molecular complexity index is 418. The molecule has 0 aliphatic heterocycles. The summed E-state index contributed by atoms with van der Waals surface area (Å²) < 4.78 is 0. The van der Waals surface area contributed by atoms with Crippen LogP contribution in [0.15, 0.2) is 24.3 Å². The van der Waals surface area contributed by atoms with Gasteiger partial charge >= 0.3 is 5.97 Å². The second-order valence-corrected chi connectivity index (χ2v) is 5.36. The molecule has 0 amide bonds. The lowest BCUT2D eigenvalue weighted by atomic mass is 9.86. The molecule has 2 unspecified atom stereocenters. The average molecular weight is 270 g/mol. The molecule has 0 aromatic heterocycles. The molecular formula is C14H20ClNO2. The zero-order valence-corrected chi connectivity index (χ0v) is 11.6. The Morgan fingerprint density at radius 2 is 2.22 bits per heavy atom. The van der Waals surface area contributed by atoms with E-state index >= 15 is 0 Å². The number of rotatable bonds is 6. The highest BCUT2D eigenvalue weighted by Crippen LogP contribution is 2.28. The summed E-state index contributed by atoms with van der Waals surface area (Å²) in [5, 5.41) is 9.70. The first-order chi connectivity index (χ1) is 8.36. The van der Waals surface area contributed by atoms with Crippen LogP contribution in [0.4, 0.5) is 0 Å². The van der Waals surface area contributed by atoms with E-state index in [1.54, 1.807) is 6.92 Å². The van der Waals surface area contributed by atoms with E-state index in [0.29, 0.717) is 17.4 Å². The first kappa shape index (κ1) is 15.0. The number of benzene rings is 1. The predicted molar refractivity (Wildman–Crippen MR) is 73.9 cm³/mol. The lowest BCUT2D eigenvalue weighted by Crippen LogP contribution is -2.44. The minimum Gasteiger partial charge on any atom is -0.480 e. The summed E-state index contributed by atoms with van der Waals surface area (Å²) >= 11 is 5.97. The van der Waals surface area contributed by atoms with Gasteiger partial charge in [-0.3, -0.25) is 4.79 Å². The van der Waals surface area contributed by atoms with Crippen molar-refractivity contribution in [3.63, 3.8) is 0 Å². The number of carboxylic acid groups (broad SMARTS) is 1. The molecule has 1 rings (SSSR count). The van der Waals surface area contributed by atoms with Crippen LogP contribution in [0.3, 0.4) is 0 Å². The second-order valence-electron chi connectivity index (χ2n) is 4.92. The Morgan fingerprint density at radius 3 is 2.72 bits per heavy atom. The third-order valence-corrected chi connectivity index (χ3v) is 3.55. The number of carboxylic acids is 1. The summed E-state index contributed by atoms with van der Waals surface area (Å²) in [4.78, 5) is 11.0. The monoisotopic (exact) mass is 269 g/mol. The van der Waals surface area contributed by atoms with E-state index in [2.05, 4.69) is 6.92 Å². The van der Waals surface area contributed by atoms with Gasteiger partial charge in [0.25, 0.3) is 0 Å². The molecule has 100 valence electrons. The van der Waals surface area contributed by atoms with E-state index in [1.807, 2.05) is 24.3 Å². The van der Waals surface area contributed by atoms with E-state index in [9.17, 15) is 4.79 Å². The number of nitrogens with two attached hydrogens (primary N) is 1. The van der Waals surface area contributed by atoms with E-state index in [4.69, 9.17) is 22.4 Å². The molecule has 0 fully saturated rings. The van der Waals surface area contributed by atoms with Gasteiger partial charge in [-0.2, -0.15) is 0 Å². The molecule has 3 nitrogen and oxygen atoms in total. The van der Waals surface area contributed by atoms with Crippen LogP contribution in [0.5, 0.6) is 0 Å². The van der Waals surface area contributed by atoms with Crippen molar-refractivity contribution in [3.8, 4) is 0 Å². The van der Waals surface area contributed by atoms with Crippen LogP contribution >= 0.6 is 11.6 Å². The zero-order valence-electron chi connectivity index (χ0n) is 10.8. The van der Waals surface area contributed by atoms with Gasteiger partial charge in [-0.1, -0.05) is 30.7 Å². The molecule has 4 heteroatoms. The van der Waals surface area contributed by atoms with Crippen molar-refractivity contribution >= 4 is 17.6 Å². The molecule has 0 heterocycles. The topological polar surface area (TPSA) is 63.3 Å². The molecular weight excluding hydrogens is 250 g/mol. The third kappa shape index (κ3) is 4.00. The standard InChI is InChI=1S/C14H20ClNO2/c1-3-10(7-8-14(2,16)13(17)18)11-5-4-6-12(15)9-11/h4-6,9-10H,3,7-8,16H2,1-2H3,(H,17,18). The van der Waals surface area contributed by atoms with Gasteiger partial charge < -0.3 is 10.8 Å². The number of halogens is 1. The van der Waals surface area contributed by atoms with Crippen molar-refractivity contribution in [3.05, 3.63) is 34.9 Å². The molecule has 0 saturated heterocycles. The molecule has 2 atom stereocenters. The molecule has 3 N–H and O–H groups in total. The maximum absolute atomic E-state index is 11.0. The average Bonchev–Trinajstić information content (AvgIpc) is 2.29. The van der Waals surface area contributed by atoms with Crippen LogP contribution in [0.2, 0.25) is 5.02 Å². The van der Waals surface area contributed by atoms with Crippen molar-refractivity contribution < 1.29 is 9.90 Å². The van der Waals surface area contributed by atoms with Crippen LogP contribution in [0, 0.1) is 0 Å². The zero-order chi connectivity index (χ0) is 13.8. The quantitative estimate of drug-likeness (QED) is 0.832. The Kier molecular flexibility index (Phi) is 5.17. The van der Waals surface area contributed by atoms with E-state index < -0.39 is 11.5 Å². The molecule has 0 spiro atoms. The fourth-order valence-electron chi connectivity index (χ4n) is 1.95. The van der Waals surface area contributed by atoms with Crippen LogP contribution in [-0.4, -0.2) is 16.6 Å². The largest absolute Gasteiger partial charge is 0.480 e. The van der Waals surface area contributed by atoms with Crippen molar-refractivity contribution in [2.75, 3.05) is 0 Å².